The molecule has 0 spiro atoms. The van der Waals surface area contributed by atoms with Crippen molar-refractivity contribution in [2.75, 3.05) is 5.32 Å². The molecule has 3 N–H and O–H groups in total. The number of anilines is 1. The van der Waals surface area contributed by atoms with E-state index in [4.69, 9.17) is 0 Å². The average Bonchev–Trinajstić information content (AvgIpc) is 2.85. The third-order valence-corrected chi connectivity index (χ3v) is 5.64. The van der Waals surface area contributed by atoms with Crippen LogP contribution in [0.3, 0.4) is 0 Å². The zero-order valence-electron chi connectivity index (χ0n) is 17.5. The average molecular weight is 441 g/mol. The highest BCUT2D eigenvalue weighted by Crippen LogP contribution is 2.25. The van der Waals surface area contributed by atoms with Gasteiger partial charge in [0.1, 0.15) is 0 Å². The standard InChI is InChI=1S/C26H24N4OS/c31-26(28-18-20-7-6-16-27-17-20)30-23-12-14-24(15-13-23)32-29-19-22-10-4-5-11-25(22)21-8-2-1-3-9-21/h1-17,29H,18-19H2,(H2,28,30,31). The molecule has 0 saturated carbocycles. The monoisotopic (exact) mass is 440 g/mol. The maximum Gasteiger partial charge on any atom is 0.319 e. The van der Waals surface area contributed by atoms with E-state index in [9.17, 15) is 4.79 Å². The lowest BCUT2D eigenvalue weighted by molar-refractivity contribution is 0.251. The van der Waals surface area contributed by atoms with Crippen LogP contribution in [0.25, 0.3) is 11.1 Å². The predicted molar refractivity (Wildman–Crippen MR) is 131 cm³/mol. The highest BCUT2D eigenvalue weighted by molar-refractivity contribution is 7.97. The maximum atomic E-state index is 12.1. The number of hydrogen-bond acceptors (Lipinski definition) is 4. The number of amides is 2. The number of carbonyl (C=O) groups excluding carboxylic acids is 1. The fourth-order valence-corrected chi connectivity index (χ4v) is 3.90. The van der Waals surface area contributed by atoms with Crippen LogP contribution in [0.5, 0.6) is 0 Å². The van der Waals surface area contributed by atoms with Gasteiger partial charge in [-0.1, -0.05) is 60.7 Å². The third-order valence-electron chi connectivity index (χ3n) is 4.84. The first-order valence-electron chi connectivity index (χ1n) is 10.3. The number of aromatic nitrogens is 1. The van der Waals surface area contributed by atoms with Crippen molar-refractivity contribution < 1.29 is 4.79 Å². The Morgan fingerprint density at radius 3 is 2.38 bits per heavy atom. The van der Waals surface area contributed by atoms with Crippen molar-refractivity contribution in [3.05, 3.63) is 115 Å². The molecule has 0 bridgehead atoms. The van der Waals surface area contributed by atoms with E-state index < -0.39 is 0 Å². The van der Waals surface area contributed by atoms with E-state index >= 15 is 0 Å². The molecule has 0 aliphatic rings. The van der Waals surface area contributed by atoms with Crippen LogP contribution in [-0.2, 0) is 13.1 Å². The molecule has 0 atom stereocenters. The number of urea groups is 1. The Morgan fingerprint density at radius 1 is 0.812 bits per heavy atom. The zero-order chi connectivity index (χ0) is 22.0. The number of carbonyl (C=O) groups is 1. The molecular formula is C26H24N4OS. The van der Waals surface area contributed by atoms with Gasteiger partial charge in [-0.15, -0.1) is 0 Å². The van der Waals surface area contributed by atoms with Crippen LogP contribution in [0, 0.1) is 0 Å². The number of nitrogens with one attached hydrogen (secondary N) is 3. The molecule has 160 valence electrons. The fourth-order valence-electron chi connectivity index (χ4n) is 3.24. The van der Waals surface area contributed by atoms with Gasteiger partial charge in [0.05, 0.1) is 0 Å². The summed E-state index contributed by atoms with van der Waals surface area (Å²) in [5, 5.41) is 5.67. The summed E-state index contributed by atoms with van der Waals surface area (Å²) in [6.45, 7) is 1.18. The van der Waals surface area contributed by atoms with Gasteiger partial charge in [-0.2, -0.15) is 0 Å². The van der Waals surface area contributed by atoms with Crippen LogP contribution in [0.2, 0.25) is 0 Å². The quantitative estimate of drug-likeness (QED) is 0.300. The molecule has 3 aromatic carbocycles. The summed E-state index contributed by atoms with van der Waals surface area (Å²) < 4.78 is 3.44. The second kappa shape index (κ2) is 11.1. The van der Waals surface area contributed by atoms with Crippen molar-refractivity contribution >= 4 is 23.7 Å². The molecule has 4 rings (SSSR count). The van der Waals surface area contributed by atoms with Crippen LogP contribution in [0.1, 0.15) is 11.1 Å². The van der Waals surface area contributed by atoms with Crippen LogP contribution in [-0.4, -0.2) is 11.0 Å². The highest BCUT2D eigenvalue weighted by Gasteiger charge is 2.05. The van der Waals surface area contributed by atoms with Crippen molar-refractivity contribution in [2.45, 2.75) is 18.0 Å². The lowest BCUT2D eigenvalue weighted by Crippen LogP contribution is -2.28. The van der Waals surface area contributed by atoms with Gasteiger partial charge in [0.15, 0.2) is 0 Å². The Hall–Kier alpha value is -3.61. The number of pyridine rings is 1. The van der Waals surface area contributed by atoms with Crippen LogP contribution in [0.4, 0.5) is 10.5 Å². The van der Waals surface area contributed by atoms with Crippen molar-refractivity contribution in [3.63, 3.8) is 0 Å². The summed E-state index contributed by atoms with van der Waals surface area (Å²) in [6, 6.07) is 30.1. The van der Waals surface area contributed by atoms with Crippen LogP contribution >= 0.6 is 11.9 Å². The molecule has 2 amide bonds. The van der Waals surface area contributed by atoms with E-state index in [0.29, 0.717) is 6.54 Å². The molecule has 4 aromatic rings. The Morgan fingerprint density at radius 2 is 1.59 bits per heavy atom. The number of benzene rings is 3. The second-order valence-electron chi connectivity index (χ2n) is 7.14. The fraction of sp³-hybridized carbons (Fsp3) is 0.0769. The van der Waals surface area contributed by atoms with Gasteiger partial charge in [-0.3, -0.25) is 9.71 Å². The topological polar surface area (TPSA) is 66.0 Å². The molecule has 0 aliphatic carbocycles. The first-order valence-corrected chi connectivity index (χ1v) is 11.2. The molecule has 32 heavy (non-hydrogen) atoms. The van der Waals surface area contributed by atoms with E-state index in [-0.39, 0.29) is 6.03 Å². The smallest absolute Gasteiger partial charge is 0.319 e. The van der Waals surface area contributed by atoms with Crippen molar-refractivity contribution in [1.29, 1.82) is 0 Å². The van der Waals surface area contributed by atoms with E-state index in [1.807, 2.05) is 42.5 Å². The number of rotatable bonds is 8. The molecule has 0 unspecified atom stereocenters. The van der Waals surface area contributed by atoms with Gasteiger partial charge in [-0.05, 0) is 64.5 Å². The summed E-state index contributed by atoms with van der Waals surface area (Å²) in [7, 11) is 0. The zero-order valence-corrected chi connectivity index (χ0v) is 18.3. The van der Waals surface area contributed by atoms with Crippen molar-refractivity contribution in [3.8, 4) is 11.1 Å². The largest absolute Gasteiger partial charge is 0.334 e. The Labute approximate surface area is 192 Å². The van der Waals surface area contributed by atoms with E-state index in [2.05, 4.69) is 68.9 Å². The van der Waals surface area contributed by atoms with E-state index in [1.54, 1.807) is 24.3 Å². The summed E-state index contributed by atoms with van der Waals surface area (Å²) in [6.07, 6.45) is 3.44. The van der Waals surface area contributed by atoms with E-state index in [0.717, 1.165) is 22.7 Å². The number of hydrogen-bond donors (Lipinski definition) is 3. The predicted octanol–water partition coefficient (Wildman–Crippen LogP) is 5.87. The molecule has 0 radical (unpaired) electrons. The van der Waals surface area contributed by atoms with Gasteiger partial charge in [-0.25, -0.2) is 4.79 Å². The summed E-state index contributed by atoms with van der Waals surface area (Å²) >= 11 is 1.57. The SMILES string of the molecule is O=C(NCc1cccnc1)Nc1ccc(SNCc2ccccc2-c2ccccc2)cc1. The van der Waals surface area contributed by atoms with Crippen LogP contribution in [0.15, 0.2) is 108 Å². The third kappa shape index (κ3) is 6.20. The van der Waals surface area contributed by atoms with Crippen molar-refractivity contribution in [1.82, 2.24) is 15.0 Å². The number of nitrogens with zero attached hydrogens (tertiary/aromatic N) is 1. The van der Waals surface area contributed by atoms with Crippen molar-refractivity contribution in [2.24, 2.45) is 0 Å². The highest BCUT2D eigenvalue weighted by atomic mass is 32.2. The summed E-state index contributed by atoms with van der Waals surface area (Å²) in [5.41, 5.74) is 5.39. The van der Waals surface area contributed by atoms with Gasteiger partial charge in [0.25, 0.3) is 0 Å². The summed E-state index contributed by atoms with van der Waals surface area (Å²) in [4.78, 5) is 17.2. The Kier molecular flexibility index (Phi) is 7.52. The Bertz CT molecular complexity index is 1140. The molecule has 0 aliphatic heterocycles. The molecule has 1 heterocycles. The minimum Gasteiger partial charge on any atom is -0.334 e. The lowest BCUT2D eigenvalue weighted by atomic mass is 10.00. The molecule has 0 saturated heterocycles. The van der Waals surface area contributed by atoms with Gasteiger partial charge in [0, 0.05) is 36.1 Å². The van der Waals surface area contributed by atoms with E-state index in [1.165, 1.54) is 16.7 Å². The minimum atomic E-state index is -0.245. The molecular weight excluding hydrogens is 416 g/mol. The van der Waals surface area contributed by atoms with Gasteiger partial charge in [0.2, 0.25) is 0 Å². The molecule has 6 heteroatoms. The summed E-state index contributed by atoms with van der Waals surface area (Å²) in [5.74, 6) is 0. The molecule has 0 fully saturated rings. The molecule has 1 aromatic heterocycles. The Balaban J connectivity index is 1.26. The normalized spacial score (nSPS) is 10.5. The molecule has 5 nitrogen and oxygen atoms in total. The second-order valence-corrected chi connectivity index (χ2v) is 8.10. The first kappa shape index (κ1) is 21.6. The lowest BCUT2D eigenvalue weighted by Gasteiger charge is -2.11. The minimum absolute atomic E-state index is 0.245. The van der Waals surface area contributed by atoms with Crippen LogP contribution < -0.4 is 15.4 Å². The van der Waals surface area contributed by atoms with Gasteiger partial charge >= 0.3 is 6.03 Å². The first-order chi connectivity index (χ1) is 15.8. The maximum absolute atomic E-state index is 12.1. The van der Waals surface area contributed by atoms with Gasteiger partial charge < -0.3 is 10.6 Å².